The average molecular weight is 502 g/mol. The molecule has 1 aliphatic heterocycles. The first-order chi connectivity index (χ1) is 18.0. The van der Waals surface area contributed by atoms with Crippen LogP contribution in [0, 0.1) is 0 Å². The second-order valence-corrected chi connectivity index (χ2v) is 8.59. The molecule has 1 heterocycles. The zero-order valence-corrected chi connectivity index (χ0v) is 21.3. The fraction of sp³-hybridized carbons (Fsp3) is 0.276. The molecule has 0 saturated carbocycles. The van der Waals surface area contributed by atoms with Crippen molar-refractivity contribution in [2.24, 2.45) is 5.10 Å². The number of nitrogens with zero attached hydrogens (tertiary/aromatic N) is 3. The van der Waals surface area contributed by atoms with Crippen LogP contribution in [0.15, 0.2) is 84.0 Å². The Morgan fingerprint density at radius 3 is 2.11 bits per heavy atom. The first-order valence-electron chi connectivity index (χ1n) is 12.0. The molecule has 0 saturated heterocycles. The lowest BCUT2D eigenvalue weighted by atomic mass is 9.98. The average Bonchev–Trinajstić information content (AvgIpc) is 3.41. The monoisotopic (exact) mass is 501 g/mol. The van der Waals surface area contributed by atoms with Crippen molar-refractivity contribution in [1.29, 1.82) is 0 Å². The van der Waals surface area contributed by atoms with Crippen LogP contribution in [0.3, 0.4) is 0 Å². The van der Waals surface area contributed by atoms with Crippen LogP contribution in [0.1, 0.15) is 33.9 Å². The van der Waals surface area contributed by atoms with Gasteiger partial charge in [-0.15, -0.1) is 0 Å². The zero-order chi connectivity index (χ0) is 26.2. The van der Waals surface area contributed by atoms with Crippen molar-refractivity contribution in [2.45, 2.75) is 12.5 Å². The highest BCUT2D eigenvalue weighted by Gasteiger charge is 2.34. The standard InChI is InChI=1S/C29H31N3O5/c1-35-18-17-31(29(34)23-11-15-25(37-3)16-12-23)20-28(33)32-27(22-7-5-4-6-8-22)19-26(30-32)21-9-13-24(36-2)14-10-21/h4-16,27H,17-20H2,1-3H3. The van der Waals surface area contributed by atoms with Crippen LogP contribution in [0.4, 0.5) is 0 Å². The lowest BCUT2D eigenvalue weighted by Gasteiger charge is -2.27. The van der Waals surface area contributed by atoms with Gasteiger partial charge < -0.3 is 19.1 Å². The third kappa shape index (κ3) is 6.16. The van der Waals surface area contributed by atoms with E-state index in [0.29, 0.717) is 24.3 Å². The van der Waals surface area contributed by atoms with E-state index in [1.165, 1.54) is 9.91 Å². The first-order valence-corrected chi connectivity index (χ1v) is 12.0. The van der Waals surface area contributed by atoms with Crippen molar-refractivity contribution in [3.63, 3.8) is 0 Å². The van der Waals surface area contributed by atoms with Crippen LogP contribution in [-0.4, -0.2) is 68.5 Å². The fourth-order valence-electron chi connectivity index (χ4n) is 4.24. The van der Waals surface area contributed by atoms with Gasteiger partial charge in [-0.05, 0) is 59.7 Å². The van der Waals surface area contributed by atoms with Crippen molar-refractivity contribution >= 4 is 17.5 Å². The number of benzene rings is 3. The van der Waals surface area contributed by atoms with E-state index in [4.69, 9.17) is 19.3 Å². The summed E-state index contributed by atoms with van der Waals surface area (Å²) >= 11 is 0. The van der Waals surface area contributed by atoms with Gasteiger partial charge in [0.05, 0.1) is 32.6 Å². The normalized spacial score (nSPS) is 14.7. The highest BCUT2D eigenvalue weighted by molar-refractivity contribution is 6.03. The first kappa shape index (κ1) is 25.9. The molecule has 0 fully saturated rings. The second-order valence-electron chi connectivity index (χ2n) is 8.59. The number of carbonyl (C=O) groups is 2. The van der Waals surface area contributed by atoms with E-state index in [9.17, 15) is 9.59 Å². The molecule has 0 radical (unpaired) electrons. The number of rotatable bonds is 10. The van der Waals surface area contributed by atoms with Crippen LogP contribution in [0.25, 0.3) is 0 Å². The van der Waals surface area contributed by atoms with Gasteiger partial charge in [-0.1, -0.05) is 30.3 Å². The van der Waals surface area contributed by atoms with Crippen LogP contribution in [0.5, 0.6) is 11.5 Å². The van der Waals surface area contributed by atoms with E-state index in [2.05, 4.69) is 0 Å². The summed E-state index contributed by atoms with van der Waals surface area (Å²) in [7, 11) is 4.76. The molecule has 1 aliphatic rings. The number of carbonyl (C=O) groups excluding carboxylic acids is 2. The third-order valence-corrected chi connectivity index (χ3v) is 6.29. The van der Waals surface area contributed by atoms with Gasteiger partial charge in [0.15, 0.2) is 0 Å². The molecule has 0 aliphatic carbocycles. The molecule has 3 aromatic carbocycles. The minimum atomic E-state index is -0.272. The Labute approximate surface area is 217 Å². The molecule has 192 valence electrons. The van der Waals surface area contributed by atoms with E-state index in [1.807, 2.05) is 54.6 Å². The molecule has 0 spiro atoms. The summed E-state index contributed by atoms with van der Waals surface area (Å²) in [5.41, 5.74) is 3.17. The third-order valence-electron chi connectivity index (χ3n) is 6.29. The van der Waals surface area contributed by atoms with Gasteiger partial charge in [0, 0.05) is 25.6 Å². The lowest BCUT2D eigenvalue weighted by Crippen LogP contribution is -2.42. The Morgan fingerprint density at radius 2 is 1.51 bits per heavy atom. The molecule has 2 amide bonds. The van der Waals surface area contributed by atoms with E-state index >= 15 is 0 Å². The maximum absolute atomic E-state index is 13.7. The molecule has 3 aromatic rings. The molecule has 0 bridgehead atoms. The molecular weight excluding hydrogens is 470 g/mol. The van der Waals surface area contributed by atoms with Gasteiger partial charge >= 0.3 is 0 Å². The molecule has 37 heavy (non-hydrogen) atoms. The van der Waals surface area contributed by atoms with Crippen molar-refractivity contribution in [3.8, 4) is 11.5 Å². The minimum absolute atomic E-state index is 0.128. The van der Waals surface area contributed by atoms with Gasteiger partial charge in [-0.3, -0.25) is 9.59 Å². The van der Waals surface area contributed by atoms with Gasteiger partial charge in [-0.2, -0.15) is 5.10 Å². The number of ether oxygens (including phenoxy) is 3. The van der Waals surface area contributed by atoms with E-state index < -0.39 is 0 Å². The van der Waals surface area contributed by atoms with Gasteiger partial charge in [0.1, 0.15) is 18.0 Å². The molecule has 8 heteroatoms. The van der Waals surface area contributed by atoms with Crippen LogP contribution >= 0.6 is 0 Å². The summed E-state index contributed by atoms with van der Waals surface area (Å²) in [4.78, 5) is 28.5. The van der Waals surface area contributed by atoms with Gasteiger partial charge in [0.2, 0.25) is 0 Å². The molecular formula is C29H31N3O5. The predicted molar refractivity (Wildman–Crippen MR) is 141 cm³/mol. The smallest absolute Gasteiger partial charge is 0.262 e. The summed E-state index contributed by atoms with van der Waals surface area (Å²) < 4.78 is 15.7. The van der Waals surface area contributed by atoms with Crippen molar-refractivity contribution < 1.29 is 23.8 Å². The Hall–Kier alpha value is -4.17. The Morgan fingerprint density at radius 1 is 0.892 bits per heavy atom. The summed E-state index contributed by atoms with van der Waals surface area (Å²) in [5.74, 6) is 0.873. The highest BCUT2D eigenvalue weighted by atomic mass is 16.5. The number of amides is 2. The van der Waals surface area contributed by atoms with Crippen molar-refractivity contribution in [2.75, 3.05) is 41.0 Å². The van der Waals surface area contributed by atoms with Crippen LogP contribution in [-0.2, 0) is 9.53 Å². The number of hydrogen-bond acceptors (Lipinski definition) is 6. The quantitative estimate of drug-likeness (QED) is 0.417. The summed E-state index contributed by atoms with van der Waals surface area (Å²) in [6, 6.07) is 24.0. The summed E-state index contributed by atoms with van der Waals surface area (Å²) in [6.07, 6.45) is 0.562. The molecule has 0 aromatic heterocycles. The van der Waals surface area contributed by atoms with E-state index in [0.717, 1.165) is 22.6 Å². The number of methoxy groups -OCH3 is 3. The second kappa shape index (κ2) is 12.2. The molecule has 4 rings (SSSR count). The van der Waals surface area contributed by atoms with Gasteiger partial charge in [-0.25, -0.2) is 5.01 Å². The van der Waals surface area contributed by atoms with E-state index in [1.54, 1.807) is 45.6 Å². The molecule has 1 atom stereocenters. The summed E-state index contributed by atoms with van der Waals surface area (Å²) in [6.45, 7) is 0.445. The molecule has 1 unspecified atom stereocenters. The fourth-order valence-corrected chi connectivity index (χ4v) is 4.24. The van der Waals surface area contributed by atoms with Crippen LogP contribution < -0.4 is 9.47 Å². The largest absolute Gasteiger partial charge is 0.497 e. The van der Waals surface area contributed by atoms with Crippen LogP contribution in [0.2, 0.25) is 0 Å². The maximum Gasteiger partial charge on any atom is 0.262 e. The topological polar surface area (TPSA) is 80.7 Å². The molecule has 8 nitrogen and oxygen atoms in total. The van der Waals surface area contributed by atoms with E-state index in [-0.39, 0.29) is 30.9 Å². The maximum atomic E-state index is 13.7. The van der Waals surface area contributed by atoms with Crippen molar-refractivity contribution in [1.82, 2.24) is 9.91 Å². The van der Waals surface area contributed by atoms with Gasteiger partial charge in [0.25, 0.3) is 11.8 Å². The summed E-state index contributed by atoms with van der Waals surface area (Å²) in [5, 5.41) is 6.24. The Bertz CT molecular complexity index is 1230. The van der Waals surface area contributed by atoms with Crippen molar-refractivity contribution in [3.05, 3.63) is 95.6 Å². The molecule has 0 N–H and O–H groups in total. The Balaban J connectivity index is 1.60. The number of hydrazone groups is 1. The highest BCUT2D eigenvalue weighted by Crippen LogP contribution is 2.33. The zero-order valence-electron chi connectivity index (χ0n) is 21.3. The SMILES string of the molecule is COCCN(CC(=O)N1N=C(c2ccc(OC)cc2)CC1c1ccccc1)C(=O)c1ccc(OC)cc1. The number of hydrogen-bond donors (Lipinski definition) is 0. The Kier molecular flexibility index (Phi) is 8.53. The predicted octanol–water partition coefficient (Wildman–Crippen LogP) is 4.17. The lowest BCUT2D eigenvalue weighted by molar-refractivity contribution is -0.133. The minimum Gasteiger partial charge on any atom is -0.497 e.